The van der Waals surface area contributed by atoms with Gasteiger partial charge < -0.3 is 4.57 Å². The summed E-state index contributed by atoms with van der Waals surface area (Å²) in [5.41, 5.74) is 0.342. The maximum absolute atomic E-state index is 12.3. The molecular weight excluding hydrogens is 530 g/mol. The van der Waals surface area contributed by atoms with Gasteiger partial charge in [-0.2, -0.15) is 24.2 Å². The summed E-state index contributed by atoms with van der Waals surface area (Å²) in [6, 6.07) is 6.18. The number of nitrogens with zero attached hydrogens (tertiary/aromatic N) is 9. The van der Waals surface area contributed by atoms with E-state index in [1.165, 1.54) is 14.9 Å². The van der Waals surface area contributed by atoms with Crippen LogP contribution in [0.15, 0.2) is 31.0 Å². The summed E-state index contributed by atoms with van der Waals surface area (Å²) >= 11 is 0. The van der Waals surface area contributed by atoms with E-state index in [1.807, 2.05) is 10.6 Å². The molecule has 2 aliphatic heterocycles. The maximum Gasteiger partial charge on any atom is 0.213 e. The lowest BCUT2D eigenvalue weighted by Gasteiger charge is -2.49. The van der Waals surface area contributed by atoms with Crippen LogP contribution in [0.4, 0.5) is 0 Å². The van der Waals surface area contributed by atoms with E-state index < -0.39 is 31.1 Å². The van der Waals surface area contributed by atoms with Gasteiger partial charge in [0.1, 0.15) is 17.5 Å². The molecule has 3 aromatic rings. The number of hydrogen-bond acceptors (Lipinski definition) is 9. The van der Waals surface area contributed by atoms with Gasteiger partial charge in [-0.25, -0.2) is 26.8 Å². The third-order valence-corrected chi connectivity index (χ3v) is 11.1. The van der Waals surface area contributed by atoms with Crippen LogP contribution >= 0.6 is 0 Å². The summed E-state index contributed by atoms with van der Waals surface area (Å²) in [5.74, 6) is -0.0148. The highest BCUT2D eigenvalue weighted by molar-refractivity contribution is 7.89. The predicted octanol–water partition coefficient (Wildman–Crippen LogP) is 0.843. The van der Waals surface area contributed by atoms with E-state index in [1.54, 1.807) is 37.1 Å². The Hall–Kier alpha value is -3.37. The molecule has 13 nitrogen and oxygen atoms in total. The van der Waals surface area contributed by atoms with Crippen LogP contribution in [0, 0.1) is 22.7 Å². The highest BCUT2D eigenvalue weighted by Gasteiger charge is 2.51. The van der Waals surface area contributed by atoms with Crippen LogP contribution < -0.4 is 0 Å². The second-order valence-corrected chi connectivity index (χ2v) is 14.3. The zero-order valence-corrected chi connectivity index (χ0v) is 22.7. The van der Waals surface area contributed by atoms with Crippen molar-refractivity contribution in [2.45, 2.75) is 37.8 Å². The van der Waals surface area contributed by atoms with Crippen molar-refractivity contribution in [2.24, 2.45) is 0 Å². The van der Waals surface area contributed by atoms with Gasteiger partial charge in [0, 0.05) is 49.5 Å². The van der Waals surface area contributed by atoms with E-state index in [0.29, 0.717) is 22.3 Å². The van der Waals surface area contributed by atoms with Crippen molar-refractivity contribution in [3.8, 4) is 23.4 Å². The lowest BCUT2D eigenvalue weighted by atomic mass is 9.88. The van der Waals surface area contributed by atoms with E-state index in [9.17, 15) is 27.4 Å². The third-order valence-electron chi connectivity index (χ3n) is 7.55. The third kappa shape index (κ3) is 3.97. The van der Waals surface area contributed by atoms with Crippen LogP contribution in [0.3, 0.4) is 0 Å². The Bertz CT molecular complexity index is 1680. The average Bonchev–Trinajstić information content (AvgIpc) is 3.51. The number of nitriles is 2. The van der Waals surface area contributed by atoms with E-state index in [0.717, 1.165) is 0 Å². The van der Waals surface area contributed by atoms with Gasteiger partial charge in [0.15, 0.2) is 0 Å². The van der Waals surface area contributed by atoms with Crippen molar-refractivity contribution in [3.05, 3.63) is 31.0 Å². The van der Waals surface area contributed by atoms with E-state index in [2.05, 4.69) is 27.2 Å². The monoisotopic (exact) mass is 557 g/mol. The van der Waals surface area contributed by atoms with Crippen molar-refractivity contribution < 1.29 is 16.8 Å². The van der Waals surface area contributed by atoms with Crippen molar-refractivity contribution in [1.82, 2.24) is 32.9 Å². The molecule has 0 saturated carbocycles. The number of rotatable bonds is 9. The van der Waals surface area contributed by atoms with Gasteiger partial charge in [0.05, 0.1) is 53.9 Å². The quantitative estimate of drug-likeness (QED) is 0.370. The van der Waals surface area contributed by atoms with Gasteiger partial charge in [-0.15, -0.1) is 0 Å². The van der Waals surface area contributed by atoms with Crippen molar-refractivity contribution >= 4 is 31.1 Å². The van der Waals surface area contributed by atoms with Crippen molar-refractivity contribution in [1.29, 1.82) is 10.5 Å². The fourth-order valence-electron chi connectivity index (χ4n) is 5.23. The van der Waals surface area contributed by atoms with Gasteiger partial charge >= 0.3 is 0 Å². The Morgan fingerprint density at radius 2 is 1.50 bits per heavy atom. The van der Waals surface area contributed by atoms with Crippen molar-refractivity contribution in [3.63, 3.8) is 0 Å². The Balaban J connectivity index is 1.48. The molecule has 0 bridgehead atoms. The van der Waals surface area contributed by atoms with Crippen LogP contribution in [0.25, 0.3) is 22.3 Å². The Labute approximate surface area is 221 Å². The van der Waals surface area contributed by atoms with Gasteiger partial charge in [-0.3, -0.25) is 4.68 Å². The highest BCUT2D eigenvalue weighted by Crippen LogP contribution is 2.39. The first kappa shape index (κ1) is 26.2. The normalized spacial score (nSPS) is 19.4. The Morgan fingerprint density at radius 1 is 0.921 bits per heavy atom. The highest BCUT2D eigenvalue weighted by atomic mass is 32.2. The molecule has 2 fully saturated rings. The first-order valence-electron chi connectivity index (χ1n) is 12.1. The zero-order chi connectivity index (χ0) is 27.3. The molecule has 0 aliphatic carbocycles. The average molecular weight is 558 g/mol. The number of aromatic nitrogens is 5. The molecule has 0 radical (unpaired) electrons. The first-order chi connectivity index (χ1) is 18.0. The van der Waals surface area contributed by atoms with Crippen LogP contribution in [0.5, 0.6) is 0 Å². The van der Waals surface area contributed by atoms with Crippen LogP contribution in [-0.2, 0) is 31.1 Å². The van der Waals surface area contributed by atoms with Crippen LogP contribution in [0.2, 0.25) is 0 Å². The second kappa shape index (κ2) is 9.13. The van der Waals surface area contributed by atoms with E-state index >= 15 is 0 Å². The van der Waals surface area contributed by atoms with Gasteiger partial charge in [0.2, 0.25) is 20.0 Å². The van der Waals surface area contributed by atoms with Gasteiger partial charge in [0.25, 0.3) is 0 Å². The Morgan fingerprint density at radius 3 is 2.08 bits per heavy atom. The van der Waals surface area contributed by atoms with E-state index in [4.69, 9.17) is 0 Å². The molecule has 38 heavy (non-hydrogen) atoms. The molecule has 15 heteroatoms. The summed E-state index contributed by atoms with van der Waals surface area (Å²) < 4.78 is 55.5. The summed E-state index contributed by atoms with van der Waals surface area (Å²) in [7, 11) is -6.74. The zero-order valence-electron chi connectivity index (χ0n) is 21.0. The number of sulfonamides is 2. The molecule has 0 unspecified atom stereocenters. The SMILES string of the molecule is CCS(=O)(=O)N1CC(CC#N)(n2cc(-c3ncnc4c3ccn4C3(CC#N)CN(S(=O)(=O)CC)C3)cn2)C1. The maximum atomic E-state index is 12.3. The Kier molecular flexibility index (Phi) is 6.30. The number of hydrogen-bond donors (Lipinski definition) is 0. The lowest BCUT2D eigenvalue weighted by Crippen LogP contribution is -2.64. The molecule has 0 amide bonds. The van der Waals surface area contributed by atoms with Gasteiger partial charge in [-0.05, 0) is 19.9 Å². The lowest BCUT2D eigenvalue weighted by molar-refractivity contribution is 0.0719. The molecule has 0 spiro atoms. The molecule has 0 atom stereocenters. The molecule has 2 aliphatic rings. The molecule has 0 N–H and O–H groups in total. The van der Waals surface area contributed by atoms with E-state index in [-0.39, 0.29) is 50.5 Å². The first-order valence-corrected chi connectivity index (χ1v) is 15.3. The summed E-state index contributed by atoms with van der Waals surface area (Å²) in [6.45, 7) is 3.89. The minimum absolute atomic E-state index is 0.00616. The molecule has 0 aromatic carbocycles. The summed E-state index contributed by atoms with van der Waals surface area (Å²) in [4.78, 5) is 8.92. The summed E-state index contributed by atoms with van der Waals surface area (Å²) in [5, 5.41) is 24.1. The fraction of sp³-hybridized carbons (Fsp3) is 0.522. The number of fused-ring (bicyclic) bond motifs is 1. The largest absolute Gasteiger partial charge is 0.323 e. The molecule has 3 aromatic heterocycles. The fourth-order valence-corrected chi connectivity index (χ4v) is 7.71. The molecule has 200 valence electrons. The molecule has 5 heterocycles. The predicted molar refractivity (Wildman–Crippen MR) is 137 cm³/mol. The smallest absolute Gasteiger partial charge is 0.213 e. The molecule has 2 saturated heterocycles. The van der Waals surface area contributed by atoms with Crippen LogP contribution in [-0.4, -0.2) is 87.4 Å². The van der Waals surface area contributed by atoms with Crippen molar-refractivity contribution in [2.75, 3.05) is 37.7 Å². The summed E-state index contributed by atoms with van der Waals surface area (Å²) in [6.07, 6.45) is 6.83. The molecule has 5 rings (SSSR count). The molecular formula is C23H27N9O4S2. The minimum atomic E-state index is -3.37. The standard InChI is InChI=1S/C23H27N9O4S2/c1-3-37(33,34)29-13-22(14-29,6-8-24)31-10-5-19-20(26-17-27-21(19)31)18-11-28-32(12-18)23(7-9-25)15-30(16-23)38(35,36)4-2/h5,10-12,17H,3-4,6-7,13-16H2,1-2H3. The van der Waals surface area contributed by atoms with Crippen LogP contribution in [0.1, 0.15) is 26.7 Å². The second-order valence-electron chi connectivity index (χ2n) is 9.77. The van der Waals surface area contributed by atoms with Gasteiger partial charge in [-0.1, -0.05) is 0 Å². The minimum Gasteiger partial charge on any atom is -0.323 e. The topological polar surface area (TPSA) is 171 Å².